The Morgan fingerprint density at radius 3 is 2.47 bits per heavy atom. The van der Waals surface area contributed by atoms with Gasteiger partial charge in [0, 0.05) is 18.4 Å². The van der Waals surface area contributed by atoms with Crippen molar-refractivity contribution in [3.63, 3.8) is 0 Å². The molecule has 0 saturated carbocycles. The average molecular weight is 446 g/mol. The Labute approximate surface area is 192 Å². The number of carbonyl (C=O) groups is 1. The highest BCUT2D eigenvalue weighted by Crippen LogP contribution is 2.20. The Hall–Kier alpha value is -3.32. The largest absolute Gasteiger partial charge is 0.358 e. The van der Waals surface area contributed by atoms with Crippen LogP contribution in [0.5, 0.6) is 0 Å². The Morgan fingerprint density at radius 2 is 1.72 bits per heavy atom. The van der Waals surface area contributed by atoms with Crippen LogP contribution < -0.4 is 10.2 Å². The average Bonchev–Trinajstić information content (AvgIpc) is 3.27. The molecule has 6 nitrogen and oxygen atoms in total. The predicted molar refractivity (Wildman–Crippen MR) is 131 cm³/mol. The first-order valence-corrected chi connectivity index (χ1v) is 12.1. The molecule has 0 bridgehead atoms. The number of nitrogens with zero attached hydrogens (tertiary/aromatic N) is 4. The van der Waals surface area contributed by atoms with Crippen molar-refractivity contribution < 1.29 is 4.79 Å². The number of hydrogen-bond donors (Lipinski definition) is 1. The van der Waals surface area contributed by atoms with Crippen LogP contribution in [-0.4, -0.2) is 39.1 Å². The molecule has 0 aliphatic rings. The number of aromatic nitrogens is 3. The molecule has 2 aromatic heterocycles. The number of rotatable bonds is 10. The normalized spacial score (nSPS) is 11.9. The predicted octanol–water partition coefficient (Wildman–Crippen LogP) is 4.35. The Bertz CT molecular complexity index is 1130. The first-order chi connectivity index (χ1) is 15.7. The fourth-order valence-electron chi connectivity index (χ4n) is 3.69. The summed E-state index contributed by atoms with van der Waals surface area (Å²) in [5.74, 6) is 1.64. The summed E-state index contributed by atoms with van der Waals surface area (Å²) >= 11 is 1.75. The fraction of sp³-hybridized carbons (Fsp3) is 0.240. The molecule has 0 saturated heterocycles. The monoisotopic (exact) mass is 445 g/mol. The molecule has 2 heterocycles. The molecule has 4 rings (SSSR count). The van der Waals surface area contributed by atoms with Gasteiger partial charge >= 0.3 is 0 Å². The summed E-state index contributed by atoms with van der Waals surface area (Å²) in [5.41, 5.74) is 2.95. The Kier molecular flexibility index (Phi) is 7.40. The Morgan fingerprint density at radius 1 is 1.00 bits per heavy atom. The molecule has 0 aliphatic heterocycles. The van der Waals surface area contributed by atoms with Gasteiger partial charge in [0.25, 0.3) is 0 Å². The van der Waals surface area contributed by atoms with Crippen LogP contribution in [0.3, 0.4) is 0 Å². The van der Waals surface area contributed by atoms with Gasteiger partial charge in [-0.05, 0) is 48.3 Å². The molecule has 2 aromatic carbocycles. The van der Waals surface area contributed by atoms with Gasteiger partial charge in [-0.1, -0.05) is 54.6 Å². The third kappa shape index (κ3) is 5.48. The van der Waals surface area contributed by atoms with Crippen LogP contribution in [0, 0.1) is 0 Å². The van der Waals surface area contributed by atoms with Crippen LogP contribution in [0.2, 0.25) is 0 Å². The number of para-hydroxylation sites is 1. The molecule has 0 spiro atoms. The lowest BCUT2D eigenvalue weighted by Crippen LogP contribution is -2.39. The van der Waals surface area contributed by atoms with Gasteiger partial charge in [0.05, 0.1) is 12.6 Å². The summed E-state index contributed by atoms with van der Waals surface area (Å²) in [6.07, 6.45) is 4.79. The number of thioether (sulfide) groups is 1. The smallest absolute Gasteiger partial charge is 0.240 e. The highest BCUT2D eigenvalue weighted by molar-refractivity contribution is 7.98. The number of nitrogens with one attached hydrogen (secondary N) is 1. The van der Waals surface area contributed by atoms with Gasteiger partial charge in [0.1, 0.15) is 0 Å². The van der Waals surface area contributed by atoms with E-state index >= 15 is 0 Å². The number of anilines is 1. The molecule has 0 unspecified atom stereocenters. The lowest BCUT2D eigenvalue weighted by molar-refractivity contribution is -0.120. The second-order valence-corrected chi connectivity index (χ2v) is 8.55. The van der Waals surface area contributed by atoms with E-state index in [1.807, 2.05) is 77.3 Å². The van der Waals surface area contributed by atoms with E-state index in [2.05, 4.69) is 38.8 Å². The lowest BCUT2D eigenvalue weighted by Gasteiger charge is -2.26. The maximum absolute atomic E-state index is 13.2. The van der Waals surface area contributed by atoms with E-state index in [1.54, 1.807) is 11.8 Å². The summed E-state index contributed by atoms with van der Waals surface area (Å²) in [5, 5.41) is 11.9. The zero-order chi connectivity index (χ0) is 22.2. The van der Waals surface area contributed by atoms with Crippen molar-refractivity contribution in [3.05, 3.63) is 96.4 Å². The standard InChI is InChI=1S/C25H27N5OS/c1-32-17-15-22(25-28-27-23-14-8-9-16-30(23)25)26-24(31)19-29(21-12-6-3-7-13-21)18-20-10-4-2-5-11-20/h2-14,16,22H,15,17-19H2,1H3,(H,26,31)/t22-/m0/s1. The number of amides is 1. The molecule has 32 heavy (non-hydrogen) atoms. The minimum atomic E-state index is -0.207. The van der Waals surface area contributed by atoms with E-state index in [-0.39, 0.29) is 18.5 Å². The van der Waals surface area contributed by atoms with E-state index < -0.39 is 0 Å². The third-order valence-electron chi connectivity index (χ3n) is 5.27. The van der Waals surface area contributed by atoms with E-state index in [0.717, 1.165) is 34.9 Å². The summed E-state index contributed by atoms with van der Waals surface area (Å²) in [7, 11) is 0. The topological polar surface area (TPSA) is 62.5 Å². The van der Waals surface area contributed by atoms with Crippen molar-refractivity contribution in [3.8, 4) is 0 Å². The van der Waals surface area contributed by atoms with Gasteiger partial charge in [-0.15, -0.1) is 10.2 Å². The van der Waals surface area contributed by atoms with Crippen LogP contribution in [-0.2, 0) is 11.3 Å². The lowest BCUT2D eigenvalue weighted by atomic mass is 10.2. The fourth-order valence-corrected chi connectivity index (χ4v) is 4.16. The molecule has 4 aromatic rings. The van der Waals surface area contributed by atoms with Gasteiger partial charge in [-0.2, -0.15) is 11.8 Å². The second kappa shape index (κ2) is 10.8. The number of pyridine rings is 1. The van der Waals surface area contributed by atoms with Gasteiger partial charge in [-0.3, -0.25) is 9.20 Å². The van der Waals surface area contributed by atoms with Gasteiger partial charge in [-0.25, -0.2) is 0 Å². The maximum atomic E-state index is 13.2. The van der Waals surface area contributed by atoms with E-state index in [4.69, 9.17) is 0 Å². The highest BCUT2D eigenvalue weighted by atomic mass is 32.2. The highest BCUT2D eigenvalue weighted by Gasteiger charge is 2.21. The molecule has 1 atom stereocenters. The number of fused-ring (bicyclic) bond motifs is 1. The number of benzene rings is 2. The first-order valence-electron chi connectivity index (χ1n) is 10.7. The quantitative estimate of drug-likeness (QED) is 0.393. The van der Waals surface area contributed by atoms with E-state index in [1.165, 1.54) is 0 Å². The molecular weight excluding hydrogens is 418 g/mol. The van der Waals surface area contributed by atoms with Crippen molar-refractivity contribution >= 4 is 29.0 Å². The molecule has 1 N–H and O–H groups in total. The van der Waals surface area contributed by atoms with Crippen LogP contribution in [0.4, 0.5) is 5.69 Å². The van der Waals surface area contributed by atoms with Gasteiger partial charge < -0.3 is 10.2 Å². The molecule has 1 amide bonds. The summed E-state index contributed by atoms with van der Waals surface area (Å²) < 4.78 is 1.95. The number of hydrogen-bond acceptors (Lipinski definition) is 5. The van der Waals surface area contributed by atoms with Crippen molar-refractivity contribution in [1.82, 2.24) is 19.9 Å². The molecular formula is C25H27N5OS. The van der Waals surface area contributed by atoms with E-state index in [0.29, 0.717) is 6.54 Å². The third-order valence-corrected chi connectivity index (χ3v) is 5.91. The van der Waals surface area contributed by atoms with Crippen LogP contribution in [0.1, 0.15) is 23.9 Å². The minimum Gasteiger partial charge on any atom is -0.358 e. The molecule has 0 radical (unpaired) electrons. The minimum absolute atomic E-state index is 0.0384. The summed E-state index contributed by atoms with van der Waals surface area (Å²) in [4.78, 5) is 15.3. The molecule has 0 aliphatic carbocycles. The van der Waals surface area contributed by atoms with E-state index in [9.17, 15) is 4.79 Å². The molecule has 164 valence electrons. The second-order valence-electron chi connectivity index (χ2n) is 7.57. The number of carbonyl (C=O) groups excluding carboxylic acids is 1. The first kappa shape index (κ1) is 21.9. The van der Waals surface area contributed by atoms with Crippen molar-refractivity contribution in [2.24, 2.45) is 0 Å². The maximum Gasteiger partial charge on any atom is 0.240 e. The van der Waals surface area contributed by atoms with Crippen molar-refractivity contribution in [2.45, 2.75) is 19.0 Å². The molecule has 0 fully saturated rings. The van der Waals surface area contributed by atoms with Gasteiger partial charge in [0.15, 0.2) is 11.5 Å². The van der Waals surface area contributed by atoms with Crippen molar-refractivity contribution in [1.29, 1.82) is 0 Å². The summed E-state index contributed by atoms with van der Waals surface area (Å²) in [6.45, 7) is 0.910. The van der Waals surface area contributed by atoms with Crippen LogP contribution in [0.15, 0.2) is 85.1 Å². The van der Waals surface area contributed by atoms with Crippen molar-refractivity contribution in [2.75, 3.05) is 23.5 Å². The zero-order valence-electron chi connectivity index (χ0n) is 18.1. The zero-order valence-corrected chi connectivity index (χ0v) is 18.9. The molecule has 7 heteroatoms. The van der Waals surface area contributed by atoms with Crippen LogP contribution >= 0.6 is 11.8 Å². The summed E-state index contributed by atoms with van der Waals surface area (Å²) in [6, 6.07) is 25.8. The SMILES string of the molecule is CSCC[C@H](NC(=O)CN(Cc1ccccc1)c1ccccc1)c1nnc2ccccn12. The van der Waals surface area contributed by atoms with Crippen LogP contribution in [0.25, 0.3) is 5.65 Å². The van der Waals surface area contributed by atoms with Gasteiger partial charge in [0.2, 0.25) is 5.91 Å². The Balaban J connectivity index is 1.53.